The highest BCUT2D eigenvalue weighted by Crippen LogP contribution is 2.21. The van der Waals surface area contributed by atoms with Gasteiger partial charge in [-0.15, -0.1) is 0 Å². The maximum absolute atomic E-state index is 12.4. The highest BCUT2D eigenvalue weighted by atomic mass is 32.2. The molecule has 1 saturated heterocycles. The Kier molecular flexibility index (Phi) is 6.44. The van der Waals surface area contributed by atoms with Crippen molar-refractivity contribution in [3.63, 3.8) is 0 Å². The summed E-state index contributed by atoms with van der Waals surface area (Å²) in [6.07, 6.45) is 0.649. The van der Waals surface area contributed by atoms with Gasteiger partial charge in [-0.2, -0.15) is 0 Å². The van der Waals surface area contributed by atoms with Gasteiger partial charge in [0.2, 0.25) is 11.8 Å². The molecule has 1 atom stereocenters. The molecule has 1 heterocycles. The lowest BCUT2D eigenvalue weighted by Gasteiger charge is -2.26. The average molecular weight is 381 g/mol. The Labute approximate surface area is 156 Å². The van der Waals surface area contributed by atoms with Crippen LogP contribution in [0.3, 0.4) is 0 Å². The standard InChI is InChI=1S/C19H28N2O4S/c1-14(2)16-5-7-17(8-6-16)21(15(3)22)11-9-19(23)20(4)18-10-12-26(24,25)13-18/h5-8,14,18H,9-13H2,1-4H3. The smallest absolute Gasteiger partial charge is 0.224 e. The molecule has 0 spiro atoms. The highest BCUT2D eigenvalue weighted by Gasteiger charge is 2.32. The van der Waals surface area contributed by atoms with Gasteiger partial charge in [0, 0.05) is 38.7 Å². The molecule has 0 aliphatic carbocycles. The summed E-state index contributed by atoms with van der Waals surface area (Å²) in [7, 11) is -1.39. The fourth-order valence-corrected chi connectivity index (χ4v) is 4.95. The Morgan fingerprint density at radius 1 is 1.19 bits per heavy atom. The molecule has 7 heteroatoms. The lowest BCUT2D eigenvalue weighted by atomic mass is 10.0. The quantitative estimate of drug-likeness (QED) is 0.758. The van der Waals surface area contributed by atoms with E-state index in [1.165, 1.54) is 17.4 Å². The van der Waals surface area contributed by atoms with Gasteiger partial charge in [-0.1, -0.05) is 26.0 Å². The molecular formula is C19H28N2O4S. The maximum atomic E-state index is 12.4. The van der Waals surface area contributed by atoms with Gasteiger partial charge in [-0.3, -0.25) is 9.59 Å². The molecule has 1 aromatic carbocycles. The summed E-state index contributed by atoms with van der Waals surface area (Å²) >= 11 is 0. The molecule has 144 valence electrons. The van der Waals surface area contributed by atoms with Crippen molar-refractivity contribution >= 4 is 27.3 Å². The number of amides is 2. The van der Waals surface area contributed by atoms with Crippen LogP contribution in [-0.4, -0.2) is 56.3 Å². The van der Waals surface area contributed by atoms with E-state index < -0.39 is 9.84 Å². The zero-order chi connectivity index (χ0) is 19.5. The largest absolute Gasteiger partial charge is 0.342 e. The topological polar surface area (TPSA) is 74.8 Å². The monoisotopic (exact) mass is 380 g/mol. The maximum Gasteiger partial charge on any atom is 0.224 e. The van der Waals surface area contributed by atoms with Crippen molar-refractivity contribution < 1.29 is 18.0 Å². The van der Waals surface area contributed by atoms with Crippen LogP contribution in [0.2, 0.25) is 0 Å². The highest BCUT2D eigenvalue weighted by molar-refractivity contribution is 7.91. The number of anilines is 1. The van der Waals surface area contributed by atoms with Crippen molar-refractivity contribution in [2.75, 3.05) is 30.0 Å². The lowest BCUT2D eigenvalue weighted by molar-refractivity contribution is -0.131. The molecule has 2 amide bonds. The first kappa shape index (κ1) is 20.4. The Morgan fingerprint density at radius 2 is 1.81 bits per heavy atom. The van der Waals surface area contributed by atoms with E-state index in [1.54, 1.807) is 11.9 Å². The third-order valence-electron chi connectivity index (χ3n) is 4.95. The summed E-state index contributed by atoms with van der Waals surface area (Å²) in [4.78, 5) is 27.5. The Morgan fingerprint density at radius 3 is 2.27 bits per heavy atom. The van der Waals surface area contributed by atoms with E-state index in [0.717, 1.165) is 5.69 Å². The fourth-order valence-electron chi connectivity index (χ4n) is 3.18. The van der Waals surface area contributed by atoms with Crippen LogP contribution in [-0.2, 0) is 19.4 Å². The molecule has 26 heavy (non-hydrogen) atoms. The van der Waals surface area contributed by atoms with Crippen molar-refractivity contribution in [2.45, 2.75) is 45.6 Å². The van der Waals surface area contributed by atoms with Crippen molar-refractivity contribution in [1.82, 2.24) is 4.90 Å². The van der Waals surface area contributed by atoms with Crippen molar-refractivity contribution in [3.05, 3.63) is 29.8 Å². The molecule has 1 aliphatic rings. The summed E-state index contributed by atoms with van der Waals surface area (Å²) in [5, 5.41) is 0. The SMILES string of the molecule is CC(=O)N(CCC(=O)N(C)C1CCS(=O)(=O)C1)c1ccc(C(C)C)cc1. The molecule has 0 N–H and O–H groups in total. The predicted molar refractivity (Wildman–Crippen MR) is 103 cm³/mol. The third-order valence-corrected chi connectivity index (χ3v) is 6.70. The summed E-state index contributed by atoms with van der Waals surface area (Å²) < 4.78 is 23.2. The van der Waals surface area contributed by atoms with Gasteiger partial charge in [-0.25, -0.2) is 8.42 Å². The van der Waals surface area contributed by atoms with Gasteiger partial charge in [0.1, 0.15) is 0 Å². The number of carbonyl (C=O) groups is 2. The number of sulfone groups is 1. The Balaban J connectivity index is 1.99. The molecule has 6 nitrogen and oxygen atoms in total. The second kappa shape index (κ2) is 8.20. The molecule has 0 bridgehead atoms. The van der Waals surface area contributed by atoms with E-state index in [-0.39, 0.29) is 42.3 Å². The minimum Gasteiger partial charge on any atom is -0.342 e. The molecule has 0 aromatic heterocycles. The molecule has 0 radical (unpaired) electrons. The van der Waals surface area contributed by atoms with Crippen molar-refractivity contribution in [1.29, 1.82) is 0 Å². The third kappa shape index (κ3) is 5.06. The first-order valence-corrected chi connectivity index (χ1v) is 10.8. The van der Waals surface area contributed by atoms with Crippen LogP contribution >= 0.6 is 0 Å². The molecule has 1 fully saturated rings. The number of carbonyl (C=O) groups excluding carboxylic acids is 2. The molecule has 1 aromatic rings. The van der Waals surface area contributed by atoms with Crippen LogP contribution in [0.25, 0.3) is 0 Å². The lowest BCUT2D eigenvalue weighted by Crippen LogP contribution is -2.40. The van der Waals surface area contributed by atoms with E-state index in [2.05, 4.69) is 13.8 Å². The molecule has 0 saturated carbocycles. The van der Waals surface area contributed by atoms with Crippen LogP contribution in [0.1, 0.15) is 45.1 Å². The number of rotatable bonds is 6. The van der Waals surface area contributed by atoms with Gasteiger partial charge >= 0.3 is 0 Å². The first-order chi connectivity index (χ1) is 12.1. The summed E-state index contributed by atoms with van der Waals surface area (Å²) in [6, 6.07) is 7.52. The van der Waals surface area contributed by atoms with Crippen molar-refractivity contribution in [2.24, 2.45) is 0 Å². The zero-order valence-electron chi connectivity index (χ0n) is 15.9. The minimum atomic E-state index is -3.03. The summed E-state index contributed by atoms with van der Waals surface area (Å²) in [5.74, 6) is 0.311. The second-order valence-electron chi connectivity index (χ2n) is 7.23. The molecule has 1 aliphatic heterocycles. The summed E-state index contributed by atoms with van der Waals surface area (Å²) in [5.41, 5.74) is 1.95. The molecule has 1 unspecified atom stereocenters. The van der Waals surface area contributed by atoms with E-state index in [4.69, 9.17) is 0 Å². The second-order valence-corrected chi connectivity index (χ2v) is 9.46. The van der Waals surface area contributed by atoms with Crippen LogP contribution in [0, 0.1) is 0 Å². The number of nitrogens with zero attached hydrogens (tertiary/aromatic N) is 2. The molecular weight excluding hydrogens is 352 g/mol. The van der Waals surface area contributed by atoms with E-state index >= 15 is 0 Å². The van der Waals surface area contributed by atoms with Gasteiger partial charge in [-0.05, 0) is 30.0 Å². The van der Waals surface area contributed by atoms with E-state index in [9.17, 15) is 18.0 Å². The Hall–Kier alpha value is -1.89. The number of hydrogen-bond donors (Lipinski definition) is 0. The average Bonchev–Trinajstić information content (AvgIpc) is 2.94. The fraction of sp³-hybridized carbons (Fsp3) is 0.579. The summed E-state index contributed by atoms with van der Waals surface area (Å²) in [6.45, 7) is 5.97. The number of benzene rings is 1. The molecule has 2 rings (SSSR count). The van der Waals surface area contributed by atoms with Gasteiger partial charge in [0.15, 0.2) is 9.84 Å². The first-order valence-electron chi connectivity index (χ1n) is 8.95. The Bertz CT molecular complexity index is 756. The number of hydrogen-bond acceptors (Lipinski definition) is 4. The minimum absolute atomic E-state index is 0.0301. The van der Waals surface area contributed by atoms with E-state index in [0.29, 0.717) is 12.3 Å². The van der Waals surface area contributed by atoms with Crippen molar-refractivity contribution in [3.8, 4) is 0 Å². The normalized spacial score (nSPS) is 18.7. The van der Waals surface area contributed by atoms with E-state index in [1.807, 2.05) is 24.3 Å². The van der Waals surface area contributed by atoms with Crippen LogP contribution < -0.4 is 4.90 Å². The van der Waals surface area contributed by atoms with Gasteiger partial charge in [0.05, 0.1) is 11.5 Å². The van der Waals surface area contributed by atoms with Gasteiger partial charge < -0.3 is 9.80 Å². The van der Waals surface area contributed by atoms with Crippen LogP contribution in [0.15, 0.2) is 24.3 Å². The zero-order valence-corrected chi connectivity index (χ0v) is 16.8. The predicted octanol–water partition coefficient (Wildman–Crippen LogP) is 2.20. The van der Waals surface area contributed by atoms with Crippen LogP contribution in [0.5, 0.6) is 0 Å². The van der Waals surface area contributed by atoms with Crippen LogP contribution in [0.4, 0.5) is 5.69 Å². The van der Waals surface area contributed by atoms with Gasteiger partial charge in [0.25, 0.3) is 0 Å².